The lowest BCUT2D eigenvalue weighted by Crippen LogP contribution is -2.31. The summed E-state index contributed by atoms with van der Waals surface area (Å²) in [7, 11) is 1.59. The molecule has 0 aromatic heterocycles. The van der Waals surface area contributed by atoms with Gasteiger partial charge in [0.2, 0.25) is 0 Å². The number of ether oxygens (including phenoxy) is 2. The number of hydrogen-bond acceptors (Lipinski definition) is 5. The van der Waals surface area contributed by atoms with E-state index in [2.05, 4.69) is 5.16 Å². The van der Waals surface area contributed by atoms with Crippen molar-refractivity contribution in [2.45, 2.75) is 51.2 Å². The Bertz CT molecular complexity index is 501. The van der Waals surface area contributed by atoms with Crippen LogP contribution in [0, 0.1) is 0 Å². The van der Waals surface area contributed by atoms with E-state index in [4.69, 9.17) is 14.7 Å². The second-order valence-corrected chi connectivity index (χ2v) is 5.41. The number of aliphatic hydroxyl groups excluding tert-OH is 1. The molecular formula is C16H23NO4. The summed E-state index contributed by atoms with van der Waals surface area (Å²) in [5.74, 6) is 1.25. The van der Waals surface area contributed by atoms with E-state index < -0.39 is 6.10 Å². The van der Waals surface area contributed by atoms with Crippen LogP contribution in [0.1, 0.15) is 44.6 Å². The fraction of sp³-hybridized carbons (Fsp3) is 0.562. The van der Waals surface area contributed by atoms with Crippen LogP contribution in [0.4, 0.5) is 0 Å². The highest BCUT2D eigenvalue weighted by Gasteiger charge is 2.24. The molecule has 2 unspecified atom stereocenters. The summed E-state index contributed by atoms with van der Waals surface area (Å²) in [6, 6.07) is 5.36. The summed E-state index contributed by atoms with van der Waals surface area (Å²) in [5, 5.41) is 22.4. The first-order valence-corrected chi connectivity index (χ1v) is 7.37. The van der Waals surface area contributed by atoms with Crippen molar-refractivity contribution in [2.75, 3.05) is 7.11 Å². The van der Waals surface area contributed by atoms with Crippen LogP contribution < -0.4 is 9.47 Å². The molecule has 0 radical (unpaired) electrons. The van der Waals surface area contributed by atoms with Gasteiger partial charge in [0.05, 0.1) is 18.9 Å². The number of rotatable bonds is 4. The van der Waals surface area contributed by atoms with Crippen LogP contribution >= 0.6 is 0 Å². The average molecular weight is 293 g/mol. The van der Waals surface area contributed by atoms with Crippen LogP contribution in [0.3, 0.4) is 0 Å². The zero-order valence-corrected chi connectivity index (χ0v) is 12.6. The molecule has 1 fully saturated rings. The molecule has 1 aliphatic carbocycles. The third-order valence-corrected chi connectivity index (χ3v) is 3.92. The first-order chi connectivity index (χ1) is 10.2. The zero-order valence-electron chi connectivity index (χ0n) is 12.6. The highest BCUT2D eigenvalue weighted by Crippen LogP contribution is 2.29. The van der Waals surface area contributed by atoms with Gasteiger partial charge < -0.3 is 19.8 Å². The van der Waals surface area contributed by atoms with E-state index in [0.29, 0.717) is 22.8 Å². The van der Waals surface area contributed by atoms with E-state index in [1.54, 1.807) is 32.2 Å². The maximum absolute atomic E-state index is 10.2. The van der Waals surface area contributed by atoms with Gasteiger partial charge >= 0.3 is 0 Å². The zero-order chi connectivity index (χ0) is 15.2. The SMILES string of the molecule is COc1ccc(/C(C)=N/O)c(OC2CCCCCC2O)c1. The monoisotopic (exact) mass is 293 g/mol. The Balaban J connectivity index is 2.27. The molecule has 1 aliphatic rings. The van der Waals surface area contributed by atoms with Crippen LogP contribution in [0.2, 0.25) is 0 Å². The summed E-state index contributed by atoms with van der Waals surface area (Å²) >= 11 is 0. The highest BCUT2D eigenvalue weighted by molar-refractivity contribution is 6.00. The van der Waals surface area contributed by atoms with E-state index >= 15 is 0 Å². The van der Waals surface area contributed by atoms with E-state index in [0.717, 1.165) is 32.1 Å². The van der Waals surface area contributed by atoms with Crippen molar-refractivity contribution in [3.8, 4) is 11.5 Å². The van der Waals surface area contributed by atoms with Crippen molar-refractivity contribution in [1.82, 2.24) is 0 Å². The molecule has 21 heavy (non-hydrogen) atoms. The van der Waals surface area contributed by atoms with Gasteiger partial charge in [-0.25, -0.2) is 0 Å². The van der Waals surface area contributed by atoms with Crippen molar-refractivity contribution >= 4 is 5.71 Å². The molecule has 5 nitrogen and oxygen atoms in total. The molecule has 1 aromatic carbocycles. The summed E-state index contributed by atoms with van der Waals surface area (Å²) in [4.78, 5) is 0. The molecule has 5 heteroatoms. The summed E-state index contributed by atoms with van der Waals surface area (Å²) in [6.07, 6.45) is 4.10. The number of hydrogen-bond donors (Lipinski definition) is 2. The van der Waals surface area contributed by atoms with Crippen LogP contribution in [-0.4, -0.2) is 35.3 Å². The smallest absolute Gasteiger partial charge is 0.132 e. The standard InChI is InChI=1S/C16H23NO4/c1-11(17-19)13-9-8-12(20-2)10-16(13)21-15-7-5-3-4-6-14(15)18/h8-10,14-15,18-19H,3-7H2,1-2H3/b17-11+. The topological polar surface area (TPSA) is 71.3 Å². The third kappa shape index (κ3) is 3.88. The minimum absolute atomic E-state index is 0.232. The van der Waals surface area contributed by atoms with Gasteiger partial charge in [-0.1, -0.05) is 18.0 Å². The molecule has 2 N–H and O–H groups in total. The Kier molecular flexibility index (Phi) is 5.44. The molecule has 2 rings (SSSR count). The maximum Gasteiger partial charge on any atom is 0.132 e. The average Bonchev–Trinajstić information content (AvgIpc) is 2.71. The lowest BCUT2D eigenvalue weighted by atomic mass is 10.1. The molecule has 116 valence electrons. The molecule has 0 saturated heterocycles. The molecule has 0 amide bonds. The largest absolute Gasteiger partial charge is 0.497 e. The van der Waals surface area contributed by atoms with Gasteiger partial charge in [0.15, 0.2) is 0 Å². The fourth-order valence-electron chi connectivity index (χ4n) is 2.63. The highest BCUT2D eigenvalue weighted by atomic mass is 16.5. The molecule has 0 aliphatic heterocycles. The molecule has 2 atom stereocenters. The lowest BCUT2D eigenvalue weighted by molar-refractivity contribution is 0.0317. The molecule has 1 saturated carbocycles. The predicted molar refractivity (Wildman–Crippen MR) is 80.5 cm³/mol. The second kappa shape index (κ2) is 7.31. The van der Waals surface area contributed by atoms with E-state index in [1.165, 1.54) is 0 Å². The third-order valence-electron chi connectivity index (χ3n) is 3.92. The van der Waals surface area contributed by atoms with Gasteiger partial charge in [-0.05, 0) is 38.3 Å². The van der Waals surface area contributed by atoms with Crippen LogP contribution in [0.5, 0.6) is 11.5 Å². The van der Waals surface area contributed by atoms with Crippen molar-refractivity contribution in [3.05, 3.63) is 23.8 Å². The maximum atomic E-state index is 10.2. The number of oxime groups is 1. The minimum atomic E-state index is -0.460. The molecule has 0 bridgehead atoms. The van der Waals surface area contributed by atoms with E-state index in [-0.39, 0.29) is 6.10 Å². The van der Waals surface area contributed by atoms with Crippen molar-refractivity contribution in [2.24, 2.45) is 5.16 Å². The van der Waals surface area contributed by atoms with Crippen LogP contribution in [0.25, 0.3) is 0 Å². The van der Waals surface area contributed by atoms with E-state index in [9.17, 15) is 5.11 Å². The molecule has 1 aromatic rings. The van der Waals surface area contributed by atoms with Gasteiger partial charge in [0, 0.05) is 11.6 Å². The Morgan fingerprint density at radius 1 is 1.24 bits per heavy atom. The molecular weight excluding hydrogens is 270 g/mol. The lowest BCUT2D eigenvalue weighted by Gasteiger charge is -2.23. The van der Waals surface area contributed by atoms with Gasteiger partial charge in [0.25, 0.3) is 0 Å². The van der Waals surface area contributed by atoms with Gasteiger partial charge in [0.1, 0.15) is 17.6 Å². The second-order valence-electron chi connectivity index (χ2n) is 5.41. The molecule has 0 heterocycles. The summed E-state index contributed by atoms with van der Waals surface area (Å²) < 4.78 is 11.2. The predicted octanol–water partition coefficient (Wildman–Crippen LogP) is 2.97. The number of methoxy groups -OCH3 is 1. The van der Waals surface area contributed by atoms with Crippen LogP contribution in [0.15, 0.2) is 23.4 Å². The normalized spacial score (nSPS) is 23.5. The number of aliphatic hydroxyl groups is 1. The quantitative estimate of drug-likeness (QED) is 0.387. The number of benzene rings is 1. The molecule has 0 spiro atoms. The fourth-order valence-corrected chi connectivity index (χ4v) is 2.63. The Hall–Kier alpha value is -1.75. The van der Waals surface area contributed by atoms with Crippen molar-refractivity contribution < 1.29 is 19.8 Å². The van der Waals surface area contributed by atoms with Gasteiger partial charge in [-0.3, -0.25) is 0 Å². The Labute approximate surface area is 125 Å². The minimum Gasteiger partial charge on any atom is -0.497 e. The number of nitrogens with zero attached hydrogens (tertiary/aromatic N) is 1. The van der Waals surface area contributed by atoms with Gasteiger partial charge in [-0.2, -0.15) is 0 Å². The van der Waals surface area contributed by atoms with Gasteiger partial charge in [-0.15, -0.1) is 0 Å². The Morgan fingerprint density at radius 3 is 2.71 bits per heavy atom. The van der Waals surface area contributed by atoms with Crippen LogP contribution in [-0.2, 0) is 0 Å². The van der Waals surface area contributed by atoms with E-state index in [1.807, 2.05) is 0 Å². The summed E-state index contributed by atoms with van der Waals surface area (Å²) in [5.41, 5.74) is 1.17. The van der Waals surface area contributed by atoms with Crippen molar-refractivity contribution in [1.29, 1.82) is 0 Å². The first-order valence-electron chi connectivity index (χ1n) is 7.37. The Morgan fingerprint density at radius 2 is 2.00 bits per heavy atom. The summed E-state index contributed by atoms with van der Waals surface area (Å²) in [6.45, 7) is 1.71. The van der Waals surface area contributed by atoms with Crippen molar-refractivity contribution in [3.63, 3.8) is 0 Å². The first kappa shape index (κ1) is 15.6.